The Morgan fingerprint density at radius 3 is 2.65 bits per heavy atom. The maximum Gasteiger partial charge on any atom is 0.229 e. The molecule has 1 amide bonds. The van der Waals surface area contributed by atoms with Crippen LogP contribution in [0.5, 0.6) is 0 Å². The Morgan fingerprint density at radius 1 is 1.45 bits per heavy atom. The van der Waals surface area contributed by atoms with Crippen molar-refractivity contribution in [3.8, 4) is 0 Å². The molecule has 0 aliphatic carbocycles. The number of hydrogen-bond acceptors (Lipinski definition) is 3. The van der Waals surface area contributed by atoms with E-state index in [0.29, 0.717) is 5.91 Å². The van der Waals surface area contributed by atoms with Gasteiger partial charge >= 0.3 is 0 Å². The van der Waals surface area contributed by atoms with Gasteiger partial charge in [-0.3, -0.25) is 4.79 Å². The molecule has 4 heteroatoms. The molecule has 1 aliphatic heterocycles. The van der Waals surface area contributed by atoms with Crippen LogP contribution in [0.3, 0.4) is 0 Å². The average Bonchev–Trinajstić information content (AvgIpc) is 2.97. The summed E-state index contributed by atoms with van der Waals surface area (Å²) in [5.74, 6) is 0.352. The third-order valence-corrected chi connectivity index (χ3v) is 5.34. The quantitative estimate of drug-likeness (QED) is 0.904. The minimum atomic E-state index is -0.146. The number of piperidine rings is 1. The summed E-state index contributed by atoms with van der Waals surface area (Å²) in [4.78, 5) is 16.5. The molecule has 1 aromatic heterocycles. The van der Waals surface area contributed by atoms with E-state index >= 15 is 0 Å². The van der Waals surface area contributed by atoms with E-state index in [4.69, 9.17) is 0 Å². The number of nitrogens with zero attached hydrogens (tertiary/aromatic N) is 1. The summed E-state index contributed by atoms with van der Waals surface area (Å²) in [5, 5.41) is 5.46. The summed E-state index contributed by atoms with van der Waals surface area (Å²) >= 11 is 1.73. The van der Waals surface area contributed by atoms with E-state index in [1.807, 2.05) is 0 Å². The molecule has 0 unspecified atom stereocenters. The Kier molecular flexibility index (Phi) is 5.22. The van der Waals surface area contributed by atoms with Crippen LogP contribution in [-0.2, 0) is 11.3 Å². The first kappa shape index (κ1) is 15.5. The molecule has 1 saturated heterocycles. The molecule has 0 atom stereocenters. The van der Waals surface area contributed by atoms with Crippen LogP contribution in [0, 0.1) is 5.41 Å². The van der Waals surface area contributed by atoms with Crippen molar-refractivity contribution in [2.24, 2.45) is 5.41 Å². The van der Waals surface area contributed by atoms with Crippen LogP contribution in [0.4, 0.5) is 0 Å². The van der Waals surface area contributed by atoms with Gasteiger partial charge in [-0.1, -0.05) is 13.0 Å². The van der Waals surface area contributed by atoms with E-state index in [9.17, 15) is 4.79 Å². The second-order valence-electron chi connectivity index (χ2n) is 5.99. The van der Waals surface area contributed by atoms with Crippen LogP contribution in [0.1, 0.15) is 44.9 Å². The van der Waals surface area contributed by atoms with Gasteiger partial charge < -0.3 is 10.2 Å². The Bertz CT molecular complexity index is 422. The summed E-state index contributed by atoms with van der Waals surface area (Å²) in [6.07, 6.45) is 2.88. The molecule has 1 aliphatic rings. The van der Waals surface area contributed by atoms with E-state index in [0.717, 1.165) is 38.9 Å². The van der Waals surface area contributed by atoms with Crippen molar-refractivity contribution < 1.29 is 4.79 Å². The van der Waals surface area contributed by atoms with Gasteiger partial charge in [0, 0.05) is 10.9 Å². The summed E-state index contributed by atoms with van der Waals surface area (Å²) in [6.45, 7) is 9.08. The van der Waals surface area contributed by atoms with Gasteiger partial charge in [-0.2, -0.15) is 0 Å². The smallest absolute Gasteiger partial charge is 0.229 e. The highest BCUT2D eigenvalue weighted by molar-refractivity contribution is 7.09. The van der Waals surface area contributed by atoms with Crippen LogP contribution in [0.2, 0.25) is 0 Å². The maximum absolute atomic E-state index is 13.1. The van der Waals surface area contributed by atoms with Crippen LogP contribution >= 0.6 is 11.3 Å². The number of hydrogen-bond donors (Lipinski definition) is 1. The Balaban J connectivity index is 2.17. The van der Waals surface area contributed by atoms with Crippen molar-refractivity contribution in [2.45, 2.75) is 52.6 Å². The van der Waals surface area contributed by atoms with Gasteiger partial charge in [0.15, 0.2) is 0 Å². The highest BCUT2D eigenvalue weighted by Gasteiger charge is 2.41. The van der Waals surface area contributed by atoms with Gasteiger partial charge in [-0.05, 0) is 57.6 Å². The molecule has 3 nitrogen and oxygen atoms in total. The fourth-order valence-electron chi connectivity index (χ4n) is 2.99. The molecular weight excluding hydrogens is 268 g/mol. The van der Waals surface area contributed by atoms with Gasteiger partial charge in [0.05, 0.1) is 12.0 Å². The standard InChI is InChI=1S/C16H26N2OS/c1-4-16(7-9-17-10-8-16)15(19)18(13(2)3)12-14-6-5-11-20-14/h5-6,11,13,17H,4,7-10,12H2,1-3H3. The number of carbonyl (C=O) groups is 1. The zero-order chi connectivity index (χ0) is 14.6. The molecule has 0 radical (unpaired) electrons. The van der Waals surface area contributed by atoms with E-state index in [1.165, 1.54) is 4.88 Å². The first-order valence-electron chi connectivity index (χ1n) is 7.63. The third-order valence-electron chi connectivity index (χ3n) is 4.48. The predicted octanol–water partition coefficient (Wildman–Crippen LogP) is 3.26. The molecule has 1 aromatic rings. The zero-order valence-electron chi connectivity index (χ0n) is 12.8. The van der Waals surface area contributed by atoms with Crippen molar-refractivity contribution in [1.29, 1.82) is 0 Å². The monoisotopic (exact) mass is 294 g/mol. The molecular formula is C16H26N2OS. The van der Waals surface area contributed by atoms with E-state index in [1.54, 1.807) is 11.3 Å². The van der Waals surface area contributed by atoms with Crippen LogP contribution < -0.4 is 5.32 Å². The van der Waals surface area contributed by atoms with Crippen LogP contribution in [-0.4, -0.2) is 29.9 Å². The lowest BCUT2D eigenvalue weighted by molar-refractivity contribution is -0.146. The zero-order valence-corrected chi connectivity index (χ0v) is 13.6. The van der Waals surface area contributed by atoms with Gasteiger partial charge in [0.1, 0.15) is 0 Å². The number of carbonyl (C=O) groups excluding carboxylic acids is 1. The Hall–Kier alpha value is -0.870. The van der Waals surface area contributed by atoms with Gasteiger partial charge in [-0.15, -0.1) is 11.3 Å². The number of amides is 1. The molecule has 0 bridgehead atoms. The van der Waals surface area contributed by atoms with E-state index in [2.05, 4.69) is 48.5 Å². The SMILES string of the molecule is CCC1(C(=O)N(Cc2cccs2)C(C)C)CCNCC1. The fourth-order valence-corrected chi connectivity index (χ4v) is 3.69. The second-order valence-corrected chi connectivity index (χ2v) is 7.02. The lowest BCUT2D eigenvalue weighted by Crippen LogP contribution is -2.50. The second kappa shape index (κ2) is 6.72. The first-order valence-corrected chi connectivity index (χ1v) is 8.51. The normalized spacial score (nSPS) is 18.2. The van der Waals surface area contributed by atoms with Crippen LogP contribution in [0.15, 0.2) is 17.5 Å². The first-order chi connectivity index (χ1) is 9.59. The number of rotatable bonds is 5. The Morgan fingerprint density at radius 2 is 2.15 bits per heavy atom. The molecule has 0 saturated carbocycles. The maximum atomic E-state index is 13.1. The number of nitrogens with one attached hydrogen (secondary N) is 1. The molecule has 0 aromatic carbocycles. The van der Waals surface area contributed by atoms with Crippen molar-refractivity contribution in [1.82, 2.24) is 10.2 Å². The van der Waals surface area contributed by atoms with Gasteiger partial charge in [0.25, 0.3) is 0 Å². The molecule has 2 rings (SSSR count). The summed E-state index contributed by atoms with van der Waals surface area (Å²) < 4.78 is 0. The lowest BCUT2D eigenvalue weighted by Gasteiger charge is -2.41. The molecule has 1 fully saturated rings. The topological polar surface area (TPSA) is 32.3 Å². The largest absolute Gasteiger partial charge is 0.335 e. The molecule has 0 spiro atoms. The number of thiophene rings is 1. The lowest BCUT2D eigenvalue weighted by atomic mass is 9.75. The third kappa shape index (κ3) is 3.23. The minimum Gasteiger partial charge on any atom is -0.335 e. The highest BCUT2D eigenvalue weighted by Crippen LogP contribution is 2.36. The molecule has 20 heavy (non-hydrogen) atoms. The van der Waals surface area contributed by atoms with Crippen molar-refractivity contribution in [3.05, 3.63) is 22.4 Å². The van der Waals surface area contributed by atoms with Crippen LogP contribution in [0.25, 0.3) is 0 Å². The van der Waals surface area contributed by atoms with E-state index in [-0.39, 0.29) is 11.5 Å². The Labute approximate surface area is 126 Å². The molecule has 112 valence electrons. The molecule has 2 heterocycles. The van der Waals surface area contributed by atoms with E-state index < -0.39 is 0 Å². The molecule has 1 N–H and O–H groups in total. The summed E-state index contributed by atoms with van der Waals surface area (Å²) in [6, 6.07) is 4.43. The average molecular weight is 294 g/mol. The van der Waals surface area contributed by atoms with Crippen molar-refractivity contribution in [3.63, 3.8) is 0 Å². The predicted molar refractivity (Wildman–Crippen MR) is 84.8 cm³/mol. The highest BCUT2D eigenvalue weighted by atomic mass is 32.1. The fraction of sp³-hybridized carbons (Fsp3) is 0.688. The van der Waals surface area contributed by atoms with Crippen molar-refractivity contribution >= 4 is 17.2 Å². The van der Waals surface area contributed by atoms with Gasteiger partial charge in [0.2, 0.25) is 5.91 Å². The summed E-state index contributed by atoms with van der Waals surface area (Å²) in [5.41, 5.74) is -0.146. The van der Waals surface area contributed by atoms with Crippen molar-refractivity contribution in [2.75, 3.05) is 13.1 Å². The summed E-state index contributed by atoms with van der Waals surface area (Å²) in [7, 11) is 0. The van der Waals surface area contributed by atoms with Gasteiger partial charge in [-0.25, -0.2) is 0 Å². The minimum absolute atomic E-state index is 0.146.